The molecule has 2 atom stereocenters. The van der Waals surface area contributed by atoms with Crippen molar-refractivity contribution in [1.82, 2.24) is 9.62 Å². The first kappa shape index (κ1) is 19.0. The molecular weight excluding hydrogens is 404 g/mol. The summed E-state index contributed by atoms with van der Waals surface area (Å²) in [6, 6.07) is 5.73. The second kappa shape index (κ2) is 7.70. The van der Waals surface area contributed by atoms with Crippen LogP contribution in [0.2, 0.25) is 0 Å². The second-order valence-corrected chi connectivity index (χ2v) is 8.61. The van der Waals surface area contributed by atoms with Crippen LogP contribution in [0.1, 0.15) is 26.2 Å². The molecule has 0 radical (unpaired) electrons. The fourth-order valence-electron chi connectivity index (χ4n) is 3.19. The number of nitrogens with zero attached hydrogens (tertiary/aromatic N) is 1. The fraction of sp³-hybridized carbons (Fsp3) is 0.600. The smallest absolute Gasteiger partial charge is 0.243 e. The monoisotopic (exact) mass is 424 g/mol. The predicted molar refractivity (Wildman–Crippen MR) is 95.9 cm³/mol. The van der Waals surface area contributed by atoms with Crippen LogP contribution >= 0.6 is 28.3 Å². The van der Waals surface area contributed by atoms with Gasteiger partial charge in [-0.2, -0.15) is 4.31 Å². The molecule has 130 valence electrons. The van der Waals surface area contributed by atoms with E-state index in [0.29, 0.717) is 40.9 Å². The van der Waals surface area contributed by atoms with Gasteiger partial charge in [0.15, 0.2) is 0 Å². The maximum Gasteiger partial charge on any atom is 0.243 e. The molecule has 2 heterocycles. The van der Waals surface area contributed by atoms with Gasteiger partial charge in [0.05, 0.1) is 16.0 Å². The van der Waals surface area contributed by atoms with Gasteiger partial charge in [-0.3, -0.25) is 0 Å². The first-order chi connectivity index (χ1) is 10.5. The van der Waals surface area contributed by atoms with E-state index < -0.39 is 10.0 Å². The third kappa shape index (κ3) is 4.02. The fourth-order valence-corrected chi connectivity index (χ4v) is 5.36. The first-order valence-electron chi connectivity index (χ1n) is 7.69. The van der Waals surface area contributed by atoms with E-state index >= 15 is 0 Å². The van der Waals surface area contributed by atoms with Gasteiger partial charge in [-0.05, 0) is 60.3 Å². The molecule has 2 unspecified atom stereocenters. The molecule has 0 amide bonds. The van der Waals surface area contributed by atoms with Crippen LogP contribution in [-0.4, -0.2) is 44.5 Å². The molecule has 0 aliphatic carbocycles. The lowest BCUT2D eigenvalue weighted by Crippen LogP contribution is -2.39. The van der Waals surface area contributed by atoms with Gasteiger partial charge in [0.25, 0.3) is 0 Å². The summed E-state index contributed by atoms with van der Waals surface area (Å²) >= 11 is 3.39. The van der Waals surface area contributed by atoms with Crippen LogP contribution in [0, 0.1) is 0 Å². The van der Waals surface area contributed by atoms with Gasteiger partial charge < -0.3 is 10.1 Å². The molecule has 1 aromatic carbocycles. The number of sulfonamides is 1. The van der Waals surface area contributed by atoms with E-state index in [1.54, 1.807) is 22.5 Å². The van der Waals surface area contributed by atoms with Crippen molar-refractivity contribution in [2.75, 3.05) is 19.7 Å². The molecule has 8 heteroatoms. The van der Waals surface area contributed by atoms with Crippen LogP contribution in [0.15, 0.2) is 27.6 Å². The van der Waals surface area contributed by atoms with Crippen molar-refractivity contribution in [3.8, 4) is 5.75 Å². The Morgan fingerprint density at radius 3 is 2.74 bits per heavy atom. The number of rotatable bonds is 4. The molecule has 5 nitrogen and oxygen atoms in total. The first-order valence-corrected chi connectivity index (χ1v) is 9.92. The molecule has 0 spiro atoms. The summed E-state index contributed by atoms with van der Waals surface area (Å²) < 4.78 is 33.5. The highest BCUT2D eigenvalue weighted by Gasteiger charge is 2.35. The molecule has 3 rings (SSSR count). The zero-order valence-corrected chi connectivity index (χ0v) is 16.2. The average molecular weight is 426 g/mol. The van der Waals surface area contributed by atoms with Crippen LogP contribution in [0.4, 0.5) is 0 Å². The van der Waals surface area contributed by atoms with E-state index in [1.165, 1.54) is 0 Å². The van der Waals surface area contributed by atoms with Crippen molar-refractivity contribution in [3.05, 3.63) is 22.7 Å². The van der Waals surface area contributed by atoms with Crippen molar-refractivity contribution in [2.45, 2.75) is 43.2 Å². The van der Waals surface area contributed by atoms with Crippen molar-refractivity contribution in [2.24, 2.45) is 0 Å². The van der Waals surface area contributed by atoms with Crippen LogP contribution in [0.3, 0.4) is 0 Å². The Kier molecular flexibility index (Phi) is 6.35. The summed E-state index contributed by atoms with van der Waals surface area (Å²) in [6.45, 7) is 3.59. The number of halogens is 2. The molecule has 2 aliphatic heterocycles. The highest BCUT2D eigenvalue weighted by atomic mass is 79.9. The highest BCUT2D eigenvalue weighted by Crippen LogP contribution is 2.30. The number of hydrogen-bond donors (Lipinski definition) is 1. The third-order valence-electron chi connectivity index (χ3n) is 4.33. The Labute approximate surface area is 152 Å². The number of nitrogens with one attached hydrogen (secondary N) is 1. The van der Waals surface area contributed by atoms with Crippen LogP contribution in [0.25, 0.3) is 0 Å². The minimum absolute atomic E-state index is 0. The Bertz CT molecular complexity index is 656. The molecule has 2 saturated heterocycles. The van der Waals surface area contributed by atoms with Crippen LogP contribution < -0.4 is 10.1 Å². The van der Waals surface area contributed by atoms with Gasteiger partial charge in [-0.25, -0.2) is 8.42 Å². The van der Waals surface area contributed by atoms with E-state index in [4.69, 9.17) is 4.74 Å². The number of fused-ring (bicyclic) bond motifs is 2. The highest BCUT2D eigenvalue weighted by molar-refractivity contribution is 9.10. The van der Waals surface area contributed by atoms with E-state index in [1.807, 2.05) is 6.92 Å². The summed E-state index contributed by atoms with van der Waals surface area (Å²) in [5.74, 6) is 0.665. The summed E-state index contributed by atoms with van der Waals surface area (Å²) in [7, 11) is -3.45. The molecule has 0 aromatic heterocycles. The topological polar surface area (TPSA) is 58.6 Å². The quantitative estimate of drug-likeness (QED) is 0.806. The van der Waals surface area contributed by atoms with Gasteiger partial charge in [-0.1, -0.05) is 0 Å². The average Bonchev–Trinajstić information content (AvgIpc) is 2.80. The second-order valence-electron chi connectivity index (χ2n) is 5.81. The van der Waals surface area contributed by atoms with Gasteiger partial charge in [0, 0.05) is 25.2 Å². The largest absolute Gasteiger partial charge is 0.493 e. The Morgan fingerprint density at radius 1 is 1.30 bits per heavy atom. The van der Waals surface area contributed by atoms with Gasteiger partial charge in [0.2, 0.25) is 10.0 Å². The van der Waals surface area contributed by atoms with Crippen LogP contribution in [-0.2, 0) is 10.0 Å². The molecule has 1 aromatic rings. The van der Waals surface area contributed by atoms with Crippen LogP contribution in [0.5, 0.6) is 5.75 Å². The van der Waals surface area contributed by atoms with Gasteiger partial charge >= 0.3 is 0 Å². The summed E-state index contributed by atoms with van der Waals surface area (Å²) in [5, 5.41) is 3.51. The maximum absolute atomic E-state index is 12.9. The van der Waals surface area contributed by atoms with Crippen molar-refractivity contribution < 1.29 is 13.2 Å². The molecule has 2 fully saturated rings. The SMILES string of the molecule is CCOc1ccc(S(=O)(=O)N2CCC3CCC(C2)N3)cc1Br.Cl. The lowest BCUT2D eigenvalue weighted by molar-refractivity contribution is 0.337. The van der Waals surface area contributed by atoms with Gasteiger partial charge in [-0.15, -0.1) is 12.4 Å². The number of ether oxygens (including phenoxy) is 1. The predicted octanol–water partition coefficient (Wildman–Crippen LogP) is 2.78. The molecule has 0 saturated carbocycles. The van der Waals surface area contributed by atoms with E-state index in [-0.39, 0.29) is 18.4 Å². The van der Waals surface area contributed by atoms with Crippen molar-refractivity contribution >= 4 is 38.4 Å². The lowest BCUT2D eigenvalue weighted by atomic mass is 10.1. The minimum Gasteiger partial charge on any atom is -0.493 e. The summed E-state index contributed by atoms with van der Waals surface area (Å²) in [5.41, 5.74) is 0. The normalized spacial score (nSPS) is 24.8. The maximum atomic E-state index is 12.9. The van der Waals surface area contributed by atoms with Crippen molar-refractivity contribution in [3.63, 3.8) is 0 Å². The van der Waals surface area contributed by atoms with E-state index in [2.05, 4.69) is 21.2 Å². The number of benzene rings is 1. The third-order valence-corrected chi connectivity index (χ3v) is 6.81. The number of hydrogen-bond acceptors (Lipinski definition) is 4. The van der Waals surface area contributed by atoms with E-state index in [9.17, 15) is 8.42 Å². The van der Waals surface area contributed by atoms with Crippen molar-refractivity contribution in [1.29, 1.82) is 0 Å². The Balaban J connectivity index is 0.00000192. The van der Waals surface area contributed by atoms with Gasteiger partial charge in [0.1, 0.15) is 5.75 Å². The van der Waals surface area contributed by atoms with E-state index in [0.717, 1.165) is 19.3 Å². The Morgan fingerprint density at radius 2 is 2.04 bits per heavy atom. The molecule has 2 aliphatic rings. The lowest BCUT2D eigenvalue weighted by Gasteiger charge is -2.24. The Hall–Kier alpha value is -0.340. The minimum atomic E-state index is -3.45. The molecule has 2 bridgehead atoms. The molecule has 1 N–H and O–H groups in total. The standard InChI is InChI=1S/C15H21BrN2O3S.ClH/c1-2-21-15-6-5-13(9-14(15)16)22(19,20)18-8-7-11-3-4-12(10-18)17-11;/h5-6,9,11-12,17H,2-4,7-8,10H2,1H3;1H. The summed E-state index contributed by atoms with van der Waals surface area (Å²) in [6.07, 6.45) is 3.10. The molecule has 23 heavy (non-hydrogen) atoms. The molecular formula is C15H22BrClN2O3S. The zero-order chi connectivity index (χ0) is 15.7. The zero-order valence-electron chi connectivity index (χ0n) is 13.0. The summed E-state index contributed by atoms with van der Waals surface area (Å²) in [4.78, 5) is 0.320.